The molecule has 1 fully saturated rings. The van der Waals surface area contributed by atoms with E-state index >= 15 is 0 Å². The molecule has 2 N–H and O–H groups in total. The summed E-state index contributed by atoms with van der Waals surface area (Å²) in [6.07, 6.45) is 10.3. The maximum atomic E-state index is 8.68. The van der Waals surface area contributed by atoms with Gasteiger partial charge < -0.3 is 10.4 Å². The molecule has 17 heavy (non-hydrogen) atoms. The first-order valence-corrected chi connectivity index (χ1v) is 7.58. The zero-order valence-corrected chi connectivity index (χ0v) is 11.8. The van der Waals surface area contributed by atoms with E-state index in [2.05, 4.69) is 19.2 Å². The van der Waals surface area contributed by atoms with E-state index in [9.17, 15) is 0 Å². The van der Waals surface area contributed by atoms with E-state index in [1.165, 1.54) is 51.5 Å². The number of rotatable bonds is 8. The first kappa shape index (κ1) is 15.0. The fraction of sp³-hybridized carbons (Fsp3) is 1.00. The standard InChI is InChI=1S/C15H31NO/c1-13(2)14-7-9-15(10-8-14)16-11-5-3-4-6-12-17/h13-17H,3-12H2,1-2H3. The SMILES string of the molecule is CC(C)C1CCC(NCCCCCCO)CC1. The van der Waals surface area contributed by atoms with Crippen LogP contribution < -0.4 is 5.32 Å². The predicted octanol–water partition coefficient (Wildman–Crippen LogP) is 3.34. The second-order valence-corrected chi connectivity index (χ2v) is 5.95. The van der Waals surface area contributed by atoms with Gasteiger partial charge in [-0.1, -0.05) is 26.7 Å². The maximum Gasteiger partial charge on any atom is 0.0431 e. The van der Waals surface area contributed by atoms with Crippen LogP contribution in [0.5, 0.6) is 0 Å². The highest BCUT2D eigenvalue weighted by Gasteiger charge is 2.22. The Morgan fingerprint density at radius 3 is 2.24 bits per heavy atom. The third kappa shape index (κ3) is 6.42. The molecule has 0 aromatic heterocycles. The van der Waals surface area contributed by atoms with E-state index in [1.54, 1.807) is 0 Å². The normalized spacial score (nSPS) is 25.4. The van der Waals surface area contributed by atoms with Crippen LogP contribution in [0.2, 0.25) is 0 Å². The highest BCUT2D eigenvalue weighted by Crippen LogP contribution is 2.29. The molecule has 2 heteroatoms. The molecule has 0 bridgehead atoms. The van der Waals surface area contributed by atoms with Gasteiger partial charge in [-0.25, -0.2) is 0 Å². The topological polar surface area (TPSA) is 32.3 Å². The summed E-state index contributed by atoms with van der Waals surface area (Å²) in [6.45, 7) is 6.24. The highest BCUT2D eigenvalue weighted by molar-refractivity contribution is 4.78. The lowest BCUT2D eigenvalue weighted by molar-refractivity contribution is 0.238. The van der Waals surface area contributed by atoms with Gasteiger partial charge in [0.25, 0.3) is 0 Å². The van der Waals surface area contributed by atoms with E-state index in [0.29, 0.717) is 6.61 Å². The second-order valence-electron chi connectivity index (χ2n) is 5.95. The number of aliphatic hydroxyl groups is 1. The minimum absolute atomic E-state index is 0.354. The summed E-state index contributed by atoms with van der Waals surface area (Å²) >= 11 is 0. The van der Waals surface area contributed by atoms with Crippen LogP contribution in [0.3, 0.4) is 0 Å². The van der Waals surface area contributed by atoms with Gasteiger partial charge in [0.15, 0.2) is 0 Å². The molecule has 1 aliphatic rings. The van der Waals surface area contributed by atoms with E-state index in [4.69, 9.17) is 5.11 Å². The first-order chi connectivity index (χ1) is 8.24. The molecule has 2 nitrogen and oxygen atoms in total. The molecule has 0 unspecified atom stereocenters. The third-order valence-electron chi connectivity index (χ3n) is 4.23. The van der Waals surface area contributed by atoms with Crippen molar-refractivity contribution in [2.45, 2.75) is 71.3 Å². The summed E-state index contributed by atoms with van der Waals surface area (Å²) in [5.41, 5.74) is 0. The van der Waals surface area contributed by atoms with E-state index < -0.39 is 0 Å². The largest absolute Gasteiger partial charge is 0.396 e. The molecular weight excluding hydrogens is 210 g/mol. The molecule has 0 aliphatic heterocycles. The molecule has 0 aromatic carbocycles. The van der Waals surface area contributed by atoms with Crippen LogP contribution in [0.4, 0.5) is 0 Å². The number of aliphatic hydroxyl groups excluding tert-OH is 1. The Bertz CT molecular complexity index is 174. The molecule has 0 amide bonds. The van der Waals surface area contributed by atoms with Crippen LogP contribution >= 0.6 is 0 Å². The number of nitrogens with one attached hydrogen (secondary N) is 1. The molecule has 1 aliphatic carbocycles. The summed E-state index contributed by atoms with van der Waals surface area (Å²) in [4.78, 5) is 0. The zero-order chi connectivity index (χ0) is 12.5. The monoisotopic (exact) mass is 241 g/mol. The Morgan fingerprint density at radius 1 is 1.00 bits per heavy atom. The zero-order valence-electron chi connectivity index (χ0n) is 11.8. The van der Waals surface area contributed by atoms with Gasteiger partial charge in [0, 0.05) is 12.6 Å². The fourth-order valence-corrected chi connectivity index (χ4v) is 2.89. The molecule has 0 spiro atoms. The van der Waals surface area contributed by atoms with Gasteiger partial charge in [0.05, 0.1) is 0 Å². The van der Waals surface area contributed by atoms with Crippen molar-refractivity contribution >= 4 is 0 Å². The van der Waals surface area contributed by atoms with Crippen LogP contribution in [0.25, 0.3) is 0 Å². The molecule has 0 aromatic rings. The Kier molecular flexibility index (Phi) is 7.87. The molecule has 102 valence electrons. The molecule has 0 radical (unpaired) electrons. The van der Waals surface area contributed by atoms with E-state index in [-0.39, 0.29) is 0 Å². The minimum Gasteiger partial charge on any atom is -0.396 e. The van der Waals surface area contributed by atoms with Crippen molar-refractivity contribution in [3.63, 3.8) is 0 Å². The third-order valence-corrected chi connectivity index (χ3v) is 4.23. The lowest BCUT2D eigenvalue weighted by Gasteiger charge is -2.31. The van der Waals surface area contributed by atoms with Crippen molar-refractivity contribution in [3.8, 4) is 0 Å². The van der Waals surface area contributed by atoms with E-state index in [1.807, 2.05) is 0 Å². The first-order valence-electron chi connectivity index (χ1n) is 7.58. The summed E-state index contributed by atoms with van der Waals surface area (Å²) in [6, 6.07) is 0.780. The predicted molar refractivity (Wildman–Crippen MR) is 74.1 cm³/mol. The van der Waals surface area contributed by atoms with Crippen molar-refractivity contribution in [2.75, 3.05) is 13.2 Å². The van der Waals surface area contributed by atoms with Crippen molar-refractivity contribution in [1.29, 1.82) is 0 Å². The highest BCUT2D eigenvalue weighted by atomic mass is 16.2. The van der Waals surface area contributed by atoms with Crippen molar-refractivity contribution < 1.29 is 5.11 Å². The van der Waals surface area contributed by atoms with Crippen LogP contribution in [-0.4, -0.2) is 24.3 Å². The van der Waals surface area contributed by atoms with Crippen LogP contribution in [-0.2, 0) is 0 Å². The lowest BCUT2D eigenvalue weighted by Crippen LogP contribution is -2.34. The summed E-state index contributed by atoms with van der Waals surface area (Å²) in [7, 11) is 0. The van der Waals surface area contributed by atoms with Crippen LogP contribution in [0, 0.1) is 11.8 Å². The second kappa shape index (κ2) is 8.93. The quantitative estimate of drug-likeness (QED) is 0.639. The lowest BCUT2D eigenvalue weighted by atomic mass is 9.80. The van der Waals surface area contributed by atoms with Gasteiger partial charge in [0.2, 0.25) is 0 Å². The Labute approximate surface area is 107 Å². The summed E-state index contributed by atoms with van der Waals surface area (Å²) in [5, 5.41) is 12.4. The average molecular weight is 241 g/mol. The summed E-state index contributed by atoms with van der Waals surface area (Å²) < 4.78 is 0. The number of unbranched alkanes of at least 4 members (excludes halogenated alkanes) is 3. The fourth-order valence-electron chi connectivity index (χ4n) is 2.89. The van der Waals surface area contributed by atoms with E-state index in [0.717, 1.165) is 24.3 Å². The summed E-state index contributed by atoms with van der Waals surface area (Å²) in [5.74, 6) is 1.84. The Hall–Kier alpha value is -0.0800. The van der Waals surface area contributed by atoms with Gasteiger partial charge in [-0.2, -0.15) is 0 Å². The molecule has 0 atom stereocenters. The molecule has 0 saturated heterocycles. The van der Waals surface area contributed by atoms with Crippen LogP contribution in [0.15, 0.2) is 0 Å². The van der Waals surface area contributed by atoms with Crippen molar-refractivity contribution in [2.24, 2.45) is 11.8 Å². The Balaban J connectivity index is 1.95. The van der Waals surface area contributed by atoms with Gasteiger partial charge >= 0.3 is 0 Å². The molecule has 1 rings (SSSR count). The Morgan fingerprint density at radius 2 is 1.65 bits per heavy atom. The molecule has 1 saturated carbocycles. The van der Waals surface area contributed by atoms with Crippen molar-refractivity contribution in [1.82, 2.24) is 5.32 Å². The number of hydrogen-bond donors (Lipinski definition) is 2. The number of hydrogen-bond acceptors (Lipinski definition) is 2. The van der Waals surface area contributed by atoms with Gasteiger partial charge in [-0.15, -0.1) is 0 Å². The van der Waals surface area contributed by atoms with Crippen LogP contribution in [0.1, 0.15) is 65.2 Å². The molecule has 0 heterocycles. The average Bonchev–Trinajstić information content (AvgIpc) is 2.34. The van der Waals surface area contributed by atoms with Gasteiger partial charge in [-0.3, -0.25) is 0 Å². The maximum absolute atomic E-state index is 8.68. The van der Waals surface area contributed by atoms with Crippen molar-refractivity contribution in [3.05, 3.63) is 0 Å². The molecular formula is C15H31NO. The minimum atomic E-state index is 0.354. The smallest absolute Gasteiger partial charge is 0.0431 e. The van der Waals surface area contributed by atoms with Gasteiger partial charge in [0.1, 0.15) is 0 Å². The van der Waals surface area contributed by atoms with Gasteiger partial charge in [-0.05, 0) is 56.9 Å².